The van der Waals surface area contributed by atoms with E-state index in [-0.39, 0.29) is 23.7 Å². The van der Waals surface area contributed by atoms with E-state index in [9.17, 15) is 40.3 Å². The van der Waals surface area contributed by atoms with Gasteiger partial charge in [0.2, 0.25) is 0 Å². The smallest absolute Gasteiger partial charge is 0.480 e. The van der Waals surface area contributed by atoms with Crippen molar-refractivity contribution in [2.24, 2.45) is 5.73 Å². The van der Waals surface area contributed by atoms with Gasteiger partial charge in [0.05, 0.1) is 6.54 Å². The number of alkyl halides is 6. The number of aliphatic carboxylic acids is 3. The number of carbonyl (C=O) groups is 4. The highest BCUT2D eigenvalue weighted by molar-refractivity contribution is 7.14. The van der Waals surface area contributed by atoms with Gasteiger partial charge in [-0.1, -0.05) is 0 Å². The van der Waals surface area contributed by atoms with Crippen LogP contribution >= 0.6 is 11.3 Å². The molecule has 1 aliphatic heterocycles. The summed E-state index contributed by atoms with van der Waals surface area (Å²) in [4.78, 5) is 44.0. The van der Waals surface area contributed by atoms with Crippen molar-refractivity contribution in [2.45, 2.75) is 25.3 Å². The van der Waals surface area contributed by atoms with Gasteiger partial charge in [-0.2, -0.15) is 26.3 Å². The van der Waals surface area contributed by atoms with E-state index in [1.54, 1.807) is 11.0 Å². The summed E-state index contributed by atoms with van der Waals surface area (Å²) in [6, 6.07) is 5.40. The van der Waals surface area contributed by atoms with Crippen LogP contribution in [-0.2, 0) is 27.3 Å². The van der Waals surface area contributed by atoms with Gasteiger partial charge in [0.25, 0.3) is 0 Å². The molecule has 11 nitrogen and oxygen atoms in total. The minimum atomic E-state index is -5.08. The number of nitrogens with one attached hydrogen (secondary N) is 1. The molecule has 40 heavy (non-hydrogen) atoms. The molecule has 0 atom stereocenters. The monoisotopic (exact) mass is 605 g/mol. The van der Waals surface area contributed by atoms with Crippen LogP contribution in [0.3, 0.4) is 0 Å². The number of amidine groups is 1. The molecule has 6 N–H and O–H groups in total. The SMILES string of the molecule is N=C(N)c1ccc(OC(=O)c2cc3c(s2)CN(CC(=O)O)CC3)c(F)c1.O=C(O)C(F)(F)F.O=C(O)C(F)(F)F. The molecule has 0 aliphatic carbocycles. The highest BCUT2D eigenvalue weighted by atomic mass is 32.1. The Labute approximate surface area is 222 Å². The lowest BCUT2D eigenvalue weighted by Gasteiger charge is -2.24. The van der Waals surface area contributed by atoms with Crippen LogP contribution in [0.15, 0.2) is 24.3 Å². The number of halogens is 7. The number of carboxylic acid groups (broad SMARTS) is 3. The van der Waals surface area contributed by atoms with Crippen molar-refractivity contribution in [1.29, 1.82) is 5.41 Å². The van der Waals surface area contributed by atoms with Crippen molar-refractivity contribution in [3.63, 3.8) is 0 Å². The fraction of sp³-hybridized carbons (Fsp3) is 0.286. The van der Waals surface area contributed by atoms with Crippen molar-refractivity contribution in [1.82, 2.24) is 4.90 Å². The van der Waals surface area contributed by atoms with Gasteiger partial charge >= 0.3 is 36.2 Å². The maximum atomic E-state index is 14.0. The van der Waals surface area contributed by atoms with Crippen LogP contribution in [0, 0.1) is 11.2 Å². The first kappa shape index (κ1) is 33.8. The van der Waals surface area contributed by atoms with Crippen LogP contribution in [-0.4, -0.2) is 75.4 Å². The van der Waals surface area contributed by atoms with E-state index in [2.05, 4.69) is 0 Å². The van der Waals surface area contributed by atoms with Crippen molar-refractivity contribution in [3.05, 3.63) is 51.0 Å². The van der Waals surface area contributed by atoms with E-state index in [0.717, 1.165) is 16.5 Å². The zero-order valence-electron chi connectivity index (χ0n) is 19.6. The van der Waals surface area contributed by atoms with Crippen molar-refractivity contribution < 1.29 is 70.0 Å². The Balaban J connectivity index is 0.000000473. The molecule has 1 aromatic carbocycles. The number of ether oxygens (including phenoxy) is 1. The quantitative estimate of drug-likeness (QED) is 0.111. The number of fused-ring (bicyclic) bond motifs is 1. The third-order valence-corrected chi connectivity index (χ3v) is 5.59. The van der Waals surface area contributed by atoms with Gasteiger partial charge in [-0.3, -0.25) is 15.1 Å². The van der Waals surface area contributed by atoms with E-state index in [4.69, 9.17) is 40.8 Å². The number of carboxylic acids is 3. The molecule has 1 aliphatic rings. The molecule has 0 amide bonds. The maximum absolute atomic E-state index is 14.0. The Morgan fingerprint density at radius 3 is 1.95 bits per heavy atom. The summed E-state index contributed by atoms with van der Waals surface area (Å²) in [6.07, 6.45) is -9.52. The largest absolute Gasteiger partial charge is 0.490 e. The number of hydrogen-bond acceptors (Lipinski definition) is 8. The Morgan fingerprint density at radius 2 is 1.52 bits per heavy atom. The summed E-state index contributed by atoms with van der Waals surface area (Å²) in [7, 11) is 0. The molecular formula is C21H18F7N3O8S. The Kier molecular flexibility index (Phi) is 11.6. The maximum Gasteiger partial charge on any atom is 0.490 e. The van der Waals surface area contributed by atoms with Gasteiger partial charge < -0.3 is 25.8 Å². The molecule has 2 heterocycles. The molecule has 0 unspecified atom stereocenters. The molecule has 0 bridgehead atoms. The summed E-state index contributed by atoms with van der Waals surface area (Å²) >= 11 is 1.22. The molecule has 0 saturated heterocycles. The van der Waals surface area contributed by atoms with Gasteiger partial charge in [0.15, 0.2) is 11.6 Å². The Morgan fingerprint density at radius 1 is 1.00 bits per heavy atom. The number of nitrogen functional groups attached to an aromatic ring is 1. The zero-order chi connectivity index (χ0) is 31.0. The van der Waals surface area contributed by atoms with Gasteiger partial charge in [-0.15, -0.1) is 11.3 Å². The highest BCUT2D eigenvalue weighted by Crippen LogP contribution is 2.29. The van der Waals surface area contributed by atoms with Gasteiger partial charge in [0.1, 0.15) is 10.7 Å². The lowest BCUT2D eigenvalue weighted by molar-refractivity contribution is -0.193. The average Bonchev–Trinajstić information content (AvgIpc) is 3.23. The summed E-state index contributed by atoms with van der Waals surface area (Å²) < 4.78 is 82.6. The molecule has 0 fully saturated rings. The molecule has 0 radical (unpaired) electrons. The number of nitrogens with zero attached hydrogens (tertiary/aromatic N) is 1. The number of carbonyl (C=O) groups excluding carboxylic acids is 1. The molecular weight excluding hydrogens is 587 g/mol. The number of thiophene rings is 1. The minimum Gasteiger partial charge on any atom is -0.480 e. The second kappa shape index (κ2) is 13.7. The Hall–Kier alpha value is -4.26. The van der Waals surface area contributed by atoms with Crippen LogP contribution in [0.4, 0.5) is 30.7 Å². The van der Waals surface area contributed by atoms with E-state index in [1.165, 1.54) is 23.5 Å². The Bertz CT molecular complexity index is 1250. The average molecular weight is 605 g/mol. The van der Waals surface area contributed by atoms with Crippen LogP contribution in [0.5, 0.6) is 5.75 Å². The molecule has 2 aromatic rings. The van der Waals surface area contributed by atoms with Gasteiger partial charge in [-0.05, 0) is 36.2 Å². The lowest BCUT2D eigenvalue weighted by Crippen LogP contribution is -2.33. The zero-order valence-corrected chi connectivity index (χ0v) is 20.4. The second-order valence-corrected chi connectivity index (χ2v) is 8.60. The van der Waals surface area contributed by atoms with Crippen molar-refractivity contribution in [2.75, 3.05) is 13.1 Å². The fourth-order valence-corrected chi connectivity index (χ4v) is 3.83. The normalized spacial score (nSPS) is 13.0. The van der Waals surface area contributed by atoms with Crippen molar-refractivity contribution >= 4 is 41.0 Å². The molecule has 220 valence electrons. The summed E-state index contributed by atoms with van der Waals surface area (Å²) in [5.41, 5.74) is 6.48. The highest BCUT2D eigenvalue weighted by Gasteiger charge is 2.38. The first-order valence-corrected chi connectivity index (χ1v) is 11.1. The topological polar surface area (TPSA) is 191 Å². The summed E-state index contributed by atoms with van der Waals surface area (Å²) in [6.45, 7) is 1.01. The molecule has 0 spiro atoms. The van der Waals surface area contributed by atoms with Gasteiger partial charge in [-0.25, -0.2) is 18.8 Å². The second-order valence-electron chi connectivity index (χ2n) is 7.47. The molecule has 19 heteroatoms. The molecule has 1 aromatic heterocycles. The summed E-state index contributed by atoms with van der Waals surface area (Å²) in [5, 5.41) is 30.4. The first-order valence-electron chi connectivity index (χ1n) is 10.2. The lowest BCUT2D eigenvalue weighted by atomic mass is 10.1. The predicted molar refractivity (Wildman–Crippen MR) is 121 cm³/mol. The van der Waals surface area contributed by atoms with E-state index in [1.807, 2.05) is 0 Å². The predicted octanol–water partition coefficient (Wildman–Crippen LogP) is 3.10. The standard InChI is InChI=1S/C17H16FN3O4S.2C2HF3O2/c18-11-5-10(16(19)20)1-2-12(11)25-17(24)13-6-9-3-4-21(8-15(22)23)7-14(9)26-13;2*3-2(4,5)1(6)7/h1-2,5-6H,3-4,7-8H2,(H3,19,20)(H,22,23);2*(H,6,7). The van der Waals surface area contributed by atoms with Gasteiger partial charge in [0, 0.05) is 23.5 Å². The number of hydrogen-bond donors (Lipinski definition) is 5. The third kappa shape index (κ3) is 10.8. The van der Waals surface area contributed by atoms with E-state index >= 15 is 0 Å². The van der Waals surface area contributed by atoms with E-state index < -0.39 is 42.0 Å². The third-order valence-electron chi connectivity index (χ3n) is 4.45. The number of rotatable bonds is 5. The number of benzene rings is 1. The molecule has 0 saturated carbocycles. The number of esters is 1. The van der Waals surface area contributed by atoms with Crippen molar-refractivity contribution in [3.8, 4) is 5.75 Å². The minimum absolute atomic E-state index is 0.0508. The fourth-order valence-electron chi connectivity index (χ4n) is 2.70. The van der Waals surface area contributed by atoms with Crippen LogP contribution < -0.4 is 10.5 Å². The molecule has 3 rings (SSSR count). The van der Waals surface area contributed by atoms with Crippen LogP contribution in [0.1, 0.15) is 25.7 Å². The first-order chi connectivity index (χ1) is 18.2. The van der Waals surface area contributed by atoms with Crippen LogP contribution in [0.2, 0.25) is 0 Å². The number of nitrogens with two attached hydrogens (primary N) is 1. The van der Waals surface area contributed by atoms with E-state index in [0.29, 0.717) is 24.4 Å². The van der Waals surface area contributed by atoms with Crippen LogP contribution in [0.25, 0.3) is 0 Å². The summed E-state index contributed by atoms with van der Waals surface area (Å²) in [5.74, 6) is -8.38.